The summed E-state index contributed by atoms with van der Waals surface area (Å²) in [4.78, 5) is 16.5. The van der Waals surface area contributed by atoms with Crippen LogP contribution in [-0.4, -0.2) is 43.6 Å². The Bertz CT molecular complexity index is 756. The van der Waals surface area contributed by atoms with Crippen molar-refractivity contribution in [3.63, 3.8) is 0 Å². The molecule has 26 heavy (non-hydrogen) atoms. The van der Waals surface area contributed by atoms with E-state index in [1.807, 2.05) is 31.2 Å². The topological polar surface area (TPSA) is 32.8 Å². The number of ether oxygens (including phenoxy) is 1. The fourth-order valence-corrected chi connectivity index (χ4v) is 3.39. The molecule has 138 valence electrons. The Hall–Kier alpha value is -2.27. The Morgan fingerprint density at radius 1 is 1.12 bits per heavy atom. The zero-order valence-electron chi connectivity index (χ0n) is 14.8. The standard InChI is InChI=1S/C20H22ClFN2O2/c1-2-26-19-9-4-3-8-18(19)23-10-12-24(13-11-23)20(25)14-15-16(21)6-5-7-17(15)22/h3-9H,2,10-14H2,1H3. The second kappa shape index (κ2) is 8.41. The van der Waals surface area contributed by atoms with Gasteiger partial charge in [0.2, 0.25) is 5.91 Å². The number of halogens is 2. The molecule has 0 saturated carbocycles. The Morgan fingerprint density at radius 2 is 1.85 bits per heavy atom. The lowest BCUT2D eigenvalue weighted by Crippen LogP contribution is -2.49. The van der Waals surface area contributed by atoms with Gasteiger partial charge in [0.25, 0.3) is 0 Å². The van der Waals surface area contributed by atoms with Crippen LogP contribution in [0.5, 0.6) is 5.75 Å². The van der Waals surface area contributed by atoms with Crippen molar-refractivity contribution in [3.05, 3.63) is 58.9 Å². The lowest BCUT2D eigenvalue weighted by Gasteiger charge is -2.36. The van der Waals surface area contributed by atoms with E-state index < -0.39 is 5.82 Å². The molecule has 0 spiro atoms. The van der Waals surface area contributed by atoms with Crippen molar-refractivity contribution in [2.24, 2.45) is 0 Å². The van der Waals surface area contributed by atoms with Crippen LogP contribution in [0, 0.1) is 5.82 Å². The van der Waals surface area contributed by atoms with E-state index in [0.717, 1.165) is 11.4 Å². The molecule has 4 nitrogen and oxygen atoms in total. The maximum Gasteiger partial charge on any atom is 0.227 e. The molecule has 2 aromatic carbocycles. The molecule has 0 unspecified atom stereocenters. The quantitative estimate of drug-likeness (QED) is 0.796. The molecule has 0 bridgehead atoms. The fraction of sp³-hybridized carbons (Fsp3) is 0.350. The van der Waals surface area contributed by atoms with Gasteiger partial charge < -0.3 is 14.5 Å². The molecule has 1 fully saturated rings. The lowest BCUT2D eigenvalue weighted by molar-refractivity contribution is -0.130. The van der Waals surface area contributed by atoms with Gasteiger partial charge in [-0.3, -0.25) is 4.79 Å². The number of nitrogens with zero attached hydrogens (tertiary/aromatic N) is 2. The Kier molecular flexibility index (Phi) is 5.99. The van der Waals surface area contributed by atoms with Gasteiger partial charge in [0, 0.05) is 36.8 Å². The van der Waals surface area contributed by atoms with Gasteiger partial charge in [-0.25, -0.2) is 4.39 Å². The Labute approximate surface area is 158 Å². The summed E-state index contributed by atoms with van der Waals surface area (Å²) in [6.45, 7) is 5.17. The van der Waals surface area contributed by atoms with Crippen LogP contribution in [0.3, 0.4) is 0 Å². The second-order valence-electron chi connectivity index (χ2n) is 6.15. The number of carbonyl (C=O) groups is 1. The first-order valence-electron chi connectivity index (χ1n) is 8.77. The van der Waals surface area contributed by atoms with Crippen LogP contribution in [0.25, 0.3) is 0 Å². The number of hydrogen-bond acceptors (Lipinski definition) is 3. The normalized spacial score (nSPS) is 14.4. The molecule has 0 aliphatic carbocycles. The maximum atomic E-state index is 13.9. The summed E-state index contributed by atoms with van der Waals surface area (Å²) in [5, 5.41) is 0.294. The first-order valence-corrected chi connectivity index (χ1v) is 9.15. The number of benzene rings is 2. The molecule has 0 aromatic heterocycles. The molecule has 1 heterocycles. The predicted molar refractivity (Wildman–Crippen MR) is 102 cm³/mol. The summed E-state index contributed by atoms with van der Waals surface area (Å²) in [6.07, 6.45) is -0.0129. The molecular weight excluding hydrogens is 355 g/mol. The number of amides is 1. The largest absolute Gasteiger partial charge is 0.492 e. The SMILES string of the molecule is CCOc1ccccc1N1CCN(C(=O)Cc2c(F)cccc2Cl)CC1. The van der Waals surface area contributed by atoms with Crippen molar-refractivity contribution in [3.8, 4) is 5.75 Å². The van der Waals surface area contributed by atoms with Crippen LogP contribution < -0.4 is 9.64 Å². The van der Waals surface area contributed by atoms with Crippen LogP contribution >= 0.6 is 11.6 Å². The van der Waals surface area contributed by atoms with Gasteiger partial charge in [0.1, 0.15) is 11.6 Å². The number of para-hydroxylation sites is 2. The van der Waals surface area contributed by atoms with E-state index in [1.165, 1.54) is 6.07 Å². The van der Waals surface area contributed by atoms with Gasteiger partial charge in [-0.15, -0.1) is 0 Å². The van der Waals surface area contributed by atoms with Crippen LogP contribution in [0.2, 0.25) is 5.02 Å². The highest BCUT2D eigenvalue weighted by Crippen LogP contribution is 2.29. The maximum absolute atomic E-state index is 13.9. The van der Waals surface area contributed by atoms with E-state index in [4.69, 9.17) is 16.3 Å². The smallest absolute Gasteiger partial charge is 0.227 e. The van der Waals surface area contributed by atoms with Crippen LogP contribution in [0.4, 0.5) is 10.1 Å². The summed E-state index contributed by atoms with van der Waals surface area (Å²) in [5.74, 6) is 0.317. The van der Waals surface area contributed by atoms with Gasteiger partial charge in [0.15, 0.2) is 0 Å². The van der Waals surface area contributed by atoms with Crippen molar-refractivity contribution in [2.75, 3.05) is 37.7 Å². The highest BCUT2D eigenvalue weighted by Gasteiger charge is 2.24. The number of hydrogen-bond donors (Lipinski definition) is 0. The highest BCUT2D eigenvalue weighted by atomic mass is 35.5. The molecule has 0 N–H and O–H groups in total. The molecule has 1 aliphatic heterocycles. The van der Waals surface area contributed by atoms with E-state index in [2.05, 4.69) is 4.90 Å². The number of piperazine rings is 1. The average Bonchev–Trinajstić information content (AvgIpc) is 2.66. The summed E-state index contributed by atoms with van der Waals surface area (Å²) >= 11 is 6.03. The molecule has 2 aromatic rings. The second-order valence-corrected chi connectivity index (χ2v) is 6.55. The monoisotopic (exact) mass is 376 g/mol. The third-order valence-electron chi connectivity index (χ3n) is 4.53. The average molecular weight is 377 g/mol. The Morgan fingerprint density at radius 3 is 2.54 bits per heavy atom. The lowest BCUT2D eigenvalue weighted by atomic mass is 10.1. The third-order valence-corrected chi connectivity index (χ3v) is 4.88. The molecule has 3 rings (SSSR count). The van der Waals surface area contributed by atoms with Crippen molar-refractivity contribution in [1.82, 2.24) is 4.90 Å². The van der Waals surface area contributed by atoms with Gasteiger partial charge in [0.05, 0.1) is 18.7 Å². The van der Waals surface area contributed by atoms with E-state index in [0.29, 0.717) is 37.8 Å². The van der Waals surface area contributed by atoms with E-state index >= 15 is 0 Å². The van der Waals surface area contributed by atoms with Crippen molar-refractivity contribution in [2.45, 2.75) is 13.3 Å². The fourth-order valence-electron chi connectivity index (χ4n) is 3.16. The van der Waals surface area contributed by atoms with Gasteiger partial charge >= 0.3 is 0 Å². The molecular formula is C20H22ClFN2O2. The summed E-state index contributed by atoms with van der Waals surface area (Å²) in [5.41, 5.74) is 1.31. The zero-order valence-corrected chi connectivity index (χ0v) is 15.5. The van der Waals surface area contributed by atoms with E-state index in [-0.39, 0.29) is 17.9 Å². The molecule has 0 atom stereocenters. The molecule has 6 heteroatoms. The summed E-state index contributed by atoms with van der Waals surface area (Å²) < 4.78 is 19.6. The third kappa shape index (κ3) is 4.10. The summed E-state index contributed by atoms with van der Waals surface area (Å²) in [7, 11) is 0. The van der Waals surface area contributed by atoms with Crippen molar-refractivity contribution < 1.29 is 13.9 Å². The number of anilines is 1. The summed E-state index contributed by atoms with van der Waals surface area (Å²) in [6, 6.07) is 12.4. The van der Waals surface area contributed by atoms with Crippen molar-refractivity contribution >= 4 is 23.2 Å². The van der Waals surface area contributed by atoms with Gasteiger partial charge in [-0.2, -0.15) is 0 Å². The molecule has 1 saturated heterocycles. The first-order chi connectivity index (χ1) is 12.6. The predicted octanol–water partition coefficient (Wildman–Crippen LogP) is 3.77. The number of rotatable bonds is 5. The van der Waals surface area contributed by atoms with Crippen LogP contribution in [-0.2, 0) is 11.2 Å². The molecule has 1 amide bonds. The van der Waals surface area contributed by atoms with E-state index in [1.54, 1.807) is 17.0 Å². The van der Waals surface area contributed by atoms with Gasteiger partial charge in [-0.05, 0) is 31.2 Å². The van der Waals surface area contributed by atoms with Crippen LogP contribution in [0.15, 0.2) is 42.5 Å². The first kappa shape index (κ1) is 18.5. The van der Waals surface area contributed by atoms with Gasteiger partial charge in [-0.1, -0.05) is 29.8 Å². The Balaban J connectivity index is 1.63. The molecule has 1 aliphatic rings. The van der Waals surface area contributed by atoms with Crippen molar-refractivity contribution in [1.29, 1.82) is 0 Å². The van der Waals surface area contributed by atoms with Crippen LogP contribution in [0.1, 0.15) is 12.5 Å². The van der Waals surface area contributed by atoms with E-state index in [9.17, 15) is 9.18 Å². The number of carbonyl (C=O) groups excluding carboxylic acids is 1. The highest BCUT2D eigenvalue weighted by molar-refractivity contribution is 6.31. The minimum absolute atomic E-state index is 0.0129. The zero-order chi connectivity index (χ0) is 18.5. The minimum Gasteiger partial charge on any atom is -0.492 e. The molecule has 0 radical (unpaired) electrons. The minimum atomic E-state index is -0.435.